The van der Waals surface area contributed by atoms with E-state index in [1.54, 1.807) is 18.4 Å². The van der Waals surface area contributed by atoms with Gasteiger partial charge in [-0.3, -0.25) is 9.59 Å². The third-order valence-electron chi connectivity index (χ3n) is 6.91. The Balaban J connectivity index is 1.33. The van der Waals surface area contributed by atoms with Crippen LogP contribution in [0.4, 0.5) is 17.2 Å². The molecule has 1 saturated heterocycles. The summed E-state index contributed by atoms with van der Waals surface area (Å²) >= 11 is 14.2. The number of nitrogens with zero attached hydrogens (tertiary/aromatic N) is 4. The van der Waals surface area contributed by atoms with Gasteiger partial charge in [-0.2, -0.15) is 0 Å². The van der Waals surface area contributed by atoms with Crippen molar-refractivity contribution in [3.8, 4) is 5.75 Å². The van der Waals surface area contributed by atoms with E-state index in [4.69, 9.17) is 27.9 Å². The predicted octanol–water partition coefficient (Wildman–Crippen LogP) is 6.09. The number of ether oxygens (including phenoxy) is 1. The predicted molar refractivity (Wildman–Crippen MR) is 161 cm³/mol. The molecule has 0 radical (unpaired) electrons. The topological polar surface area (TPSA) is 99.7 Å². The van der Waals surface area contributed by atoms with Crippen LogP contribution in [0.1, 0.15) is 33.2 Å². The normalized spacial score (nSPS) is 13.9. The molecule has 12 heteroatoms. The number of aromatic nitrogens is 2. The van der Waals surface area contributed by atoms with Gasteiger partial charge in [-0.05, 0) is 49.4 Å². The van der Waals surface area contributed by atoms with Crippen LogP contribution >= 0.6 is 34.5 Å². The van der Waals surface area contributed by atoms with Crippen molar-refractivity contribution in [3.63, 3.8) is 0 Å². The number of halogens is 2. The zero-order chi connectivity index (χ0) is 28.4. The van der Waals surface area contributed by atoms with Gasteiger partial charge in [0.05, 0.1) is 33.6 Å². The van der Waals surface area contributed by atoms with Gasteiger partial charge in [0, 0.05) is 42.8 Å². The fourth-order valence-corrected chi connectivity index (χ4v) is 6.02. The SMILES string of the molecule is CCN1CCN(C(=O)c2ccc(Nc3ncnc4c(C(=O)Nc5c(Cl)c(C)cc(OC)c5Cl)csc34)cc2)CC1. The molecule has 2 N–H and O–H groups in total. The summed E-state index contributed by atoms with van der Waals surface area (Å²) in [7, 11) is 1.50. The zero-order valence-electron chi connectivity index (χ0n) is 22.3. The molecular formula is C28H28Cl2N6O3S. The van der Waals surface area contributed by atoms with Crippen LogP contribution in [0.5, 0.6) is 5.75 Å². The van der Waals surface area contributed by atoms with Gasteiger partial charge < -0.3 is 25.2 Å². The van der Waals surface area contributed by atoms with E-state index in [0.29, 0.717) is 43.5 Å². The molecule has 0 unspecified atom stereocenters. The van der Waals surface area contributed by atoms with Crippen LogP contribution in [0.3, 0.4) is 0 Å². The Hall–Kier alpha value is -3.44. The van der Waals surface area contributed by atoms with Crippen molar-refractivity contribution in [2.75, 3.05) is 50.5 Å². The van der Waals surface area contributed by atoms with Gasteiger partial charge in [0.1, 0.15) is 17.1 Å². The van der Waals surface area contributed by atoms with Crippen molar-refractivity contribution in [1.29, 1.82) is 0 Å². The van der Waals surface area contributed by atoms with E-state index in [1.807, 2.05) is 29.2 Å². The summed E-state index contributed by atoms with van der Waals surface area (Å²) in [5.41, 5.74) is 3.25. The number of rotatable bonds is 7. The maximum absolute atomic E-state index is 13.3. The van der Waals surface area contributed by atoms with Gasteiger partial charge in [-0.25, -0.2) is 9.97 Å². The number of carbonyl (C=O) groups is 2. The number of amides is 2. The summed E-state index contributed by atoms with van der Waals surface area (Å²) in [6.07, 6.45) is 1.40. The molecule has 0 saturated carbocycles. The van der Waals surface area contributed by atoms with Crippen LogP contribution in [0.15, 0.2) is 42.0 Å². The maximum Gasteiger partial charge on any atom is 0.258 e. The molecule has 4 aromatic rings. The molecule has 0 atom stereocenters. The zero-order valence-corrected chi connectivity index (χ0v) is 24.6. The fourth-order valence-electron chi connectivity index (χ4n) is 4.56. The highest BCUT2D eigenvalue weighted by atomic mass is 35.5. The number of hydrogen-bond acceptors (Lipinski definition) is 8. The van der Waals surface area contributed by atoms with E-state index < -0.39 is 5.91 Å². The van der Waals surface area contributed by atoms with E-state index in [2.05, 4.69) is 32.4 Å². The third-order valence-corrected chi connectivity index (χ3v) is 8.75. The van der Waals surface area contributed by atoms with Gasteiger partial charge in [-0.1, -0.05) is 30.1 Å². The minimum absolute atomic E-state index is 0.0343. The van der Waals surface area contributed by atoms with E-state index in [-0.39, 0.29) is 16.6 Å². The Bertz CT molecular complexity index is 1570. The lowest BCUT2D eigenvalue weighted by Crippen LogP contribution is -2.48. The monoisotopic (exact) mass is 598 g/mol. The number of thiophene rings is 1. The number of fused-ring (bicyclic) bond motifs is 1. The molecule has 0 aliphatic carbocycles. The minimum atomic E-state index is -0.407. The van der Waals surface area contributed by atoms with Crippen LogP contribution in [-0.4, -0.2) is 71.4 Å². The molecular weight excluding hydrogens is 571 g/mol. The first-order valence-corrected chi connectivity index (χ1v) is 14.4. The van der Waals surface area contributed by atoms with Crippen LogP contribution in [0.2, 0.25) is 10.0 Å². The summed E-state index contributed by atoms with van der Waals surface area (Å²) in [4.78, 5) is 39.2. The highest BCUT2D eigenvalue weighted by Crippen LogP contribution is 2.41. The van der Waals surface area contributed by atoms with Crippen molar-refractivity contribution < 1.29 is 14.3 Å². The first-order valence-electron chi connectivity index (χ1n) is 12.8. The molecule has 5 rings (SSSR count). The van der Waals surface area contributed by atoms with Crippen molar-refractivity contribution in [3.05, 3.63) is 68.8 Å². The Morgan fingerprint density at radius 2 is 1.80 bits per heavy atom. The van der Waals surface area contributed by atoms with Crippen molar-refractivity contribution >= 4 is 73.8 Å². The van der Waals surface area contributed by atoms with Gasteiger partial charge >= 0.3 is 0 Å². The number of piperazine rings is 1. The Labute approximate surface area is 246 Å². The summed E-state index contributed by atoms with van der Waals surface area (Å²) < 4.78 is 6.01. The van der Waals surface area contributed by atoms with E-state index in [1.165, 1.54) is 24.8 Å². The highest BCUT2D eigenvalue weighted by molar-refractivity contribution is 7.18. The van der Waals surface area contributed by atoms with Crippen molar-refractivity contribution in [2.45, 2.75) is 13.8 Å². The third kappa shape index (κ3) is 5.57. The van der Waals surface area contributed by atoms with Crippen LogP contribution in [0.25, 0.3) is 10.2 Å². The lowest BCUT2D eigenvalue weighted by Gasteiger charge is -2.34. The average Bonchev–Trinajstić information content (AvgIpc) is 3.42. The second kappa shape index (κ2) is 12.0. The molecule has 0 spiro atoms. The Morgan fingerprint density at radius 3 is 2.48 bits per heavy atom. The number of nitrogens with one attached hydrogen (secondary N) is 2. The standard InChI is InChI=1S/C28H28Cl2N6O3S/c1-4-35-9-11-36(12-10-35)28(38)17-5-7-18(8-6-17)33-26-25-23(31-15-32-26)19(14-40-25)27(37)34-24-21(29)16(2)13-20(39-3)22(24)30/h5-8,13-15H,4,9-12H2,1-3H3,(H,34,37)(H,31,32,33). The molecule has 1 aliphatic rings. The van der Waals surface area contributed by atoms with E-state index >= 15 is 0 Å². The number of anilines is 3. The van der Waals surface area contributed by atoms with Gasteiger partial charge in [0.2, 0.25) is 0 Å². The van der Waals surface area contributed by atoms with Crippen LogP contribution in [-0.2, 0) is 0 Å². The van der Waals surface area contributed by atoms with Gasteiger partial charge in [0.25, 0.3) is 11.8 Å². The van der Waals surface area contributed by atoms with Gasteiger partial charge in [0.15, 0.2) is 5.82 Å². The number of hydrogen-bond donors (Lipinski definition) is 2. The lowest BCUT2D eigenvalue weighted by molar-refractivity contribution is 0.0643. The summed E-state index contributed by atoms with van der Waals surface area (Å²) in [5.74, 6) is 0.591. The van der Waals surface area contributed by atoms with E-state index in [0.717, 1.165) is 38.4 Å². The quantitative estimate of drug-likeness (QED) is 0.265. The molecule has 2 aromatic heterocycles. The van der Waals surface area contributed by atoms with Crippen molar-refractivity contribution in [2.24, 2.45) is 0 Å². The molecule has 2 amide bonds. The molecule has 208 valence electrons. The van der Waals surface area contributed by atoms with Crippen LogP contribution in [0, 0.1) is 6.92 Å². The molecule has 9 nitrogen and oxygen atoms in total. The fraction of sp³-hybridized carbons (Fsp3) is 0.286. The highest BCUT2D eigenvalue weighted by Gasteiger charge is 2.23. The number of benzene rings is 2. The first-order chi connectivity index (χ1) is 19.3. The number of methoxy groups -OCH3 is 1. The summed E-state index contributed by atoms with van der Waals surface area (Å²) in [6.45, 7) is 8.19. The molecule has 2 aromatic carbocycles. The van der Waals surface area contributed by atoms with Crippen LogP contribution < -0.4 is 15.4 Å². The van der Waals surface area contributed by atoms with Gasteiger partial charge in [-0.15, -0.1) is 11.3 Å². The molecule has 0 bridgehead atoms. The molecule has 40 heavy (non-hydrogen) atoms. The molecule has 1 aliphatic heterocycles. The van der Waals surface area contributed by atoms with Crippen molar-refractivity contribution in [1.82, 2.24) is 19.8 Å². The second-order valence-corrected chi connectivity index (χ2v) is 11.0. The number of likely N-dealkylation sites (N-methyl/N-ethyl adjacent to an activating group) is 1. The summed E-state index contributed by atoms with van der Waals surface area (Å²) in [5, 5.41) is 8.36. The second-order valence-electron chi connectivity index (χ2n) is 9.33. The smallest absolute Gasteiger partial charge is 0.258 e. The van der Waals surface area contributed by atoms with E-state index in [9.17, 15) is 9.59 Å². The Morgan fingerprint density at radius 1 is 1.07 bits per heavy atom. The first kappa shape index (κ1) is 28.1. The maximum atomic E-state index is 13.3. The molecule has 1 fully saturated rings. The average molecular weight is 600 g/mol. The number of carbonyl (C=O) groups excluding carboxylic acids is 2. The molecule has 3 heterocycles. The summed E-state index contributed by atoms with van der Waals surface area (Å²) in [6, 6.07) is 9.03. The Kier molecular flexibility index (Phi) is 8.41. The largest absolute Gasteiger partial charge is 0.495 e. The lowest BCUT2D eigenvalue weighted by atomic mass is 10.1. The number of aryl methyl sites for hydroxylation is 1. The minimum Gasteiger partial charge on any atom is -0.495 e.